The average molecular weight is 532 g/mol. The van der Waals surface area contributed by atoms with Crippen LogP contribution in [0.4, 0.5) is 11.4 Å². The van der Waals surface area contributed by atoms with Crippen LogP contribution in [0.1, 0.15) is 38.8 Å². The Morgan fingerprint density at radius 3 is 1.40 bits per heavy atom. The number of benzene rings is 2. The van der Waals surface area contributed by atoms with Crippen molar-refractivity contribution in [2.45, 2.75) is 27.7 Å². The molecule has 0 radical (unpaired) electrons. The minimum atomic E-state index is -0.0968. The first kappa shape index (κ1) is 21.3. The van der Waals surface area contributed by atoms with Crippen LogP contribution in [0.2, 0.25) is 0 Å². The second kappa shape index (κ2) is 7.97. The van der Waals surface area contributed by atoms with Gasteiger partial charge in [0.2, 0.25) is 0 Å². The molecule has 0 aliphatic carbocycles. The molecule has 2 aromatic rings. The van der Waals surface area contributed by atoms with Gasteiger partial charge < -0.3 is 9.80 Å². The molecule has 2 aliphatic heterocycles. The number of amides is 2. The van der Waals surface area contributed by atoms with Crippen molar-refractivity contribution in [2.75, 3.05) is 22.9 Å². The fourth-order valence-corrected chi connectivity index (χ4v) is 4.87. The van der Waals surface area contributed by atoms with Crippen molar-refractivity contribution < 1.29 is 9.59 Å². The number of fused-ring (bicyclic) bond motifs is 2. The molecule has 0 unspecified atom stereocenters. The zero-order valence-corrected chi connectivity index (χ0v) is 20.7. The van der Waals surface area contributed by atoms with Gasteiger partial charge >= 0.3 is 0 Å². The lowest BCUT2D eigenvalue weighted by atomic mass is 9.96. The predicted octanol–water partition coefficient (Wildman–Crippen LogP) is 6.13. The van der Waals surface area contributed by atoms with E-state index in [2.05, 4.69) is 59.6 Å². The van der Waals surface area contributed by atoms with Crippen LogP contribution in [-0.2, 0) is 9.59 Å². The van der Waals surface area contributed by atoms with Gasteiger partial charge in [-0.25, -0.2) is 0 Å². The van der Waals surface area contributed by atoms with E-state index in [1.807, 2.05) is 46.2 Å². The van der Waals surface area contributed by atoms with Crippen molar-refractivity contribution in [3.05, 3.63) is 56.5 Å². The zero-order chi connectivity index (χ0) is 21.7. The quantitative estimate of drug-likeness (QED) is 0.445. The molecule has 0 saturated heterocycles. The Bertz CT molecular complexity index is 1000. The van der Waals surface area contributed by atoms with Gasteiger partial charge in [-0.1, -0.05) is 71.7 Å². The van der Waals surface area contributed by atoms with Crippen LogP contribution in [0.25, 0.3) is 11.1 Å². The molecule has 0 saturated carbocycles. The SMILES string of the molecule is CC(C)CN1C(=O)/C(=C2/C(=O)N(CC(C)C)c3cc(Br)ccc32)c2ccc(Br)cc21. The van der Waals surface area contributed by atoms with Gasteiger partial charge in [0, 0.05) is 33.2 Å². The first-order valence-electron chi connectivity index (χ1n) is 10.2. The van der Waals surface area contributed by atoms with Crippen LogP contribution in [-0.4, -0.2) is 24.9 Å². The summed E-state index contributed by atoms with van der Waals surface area (Å²) in [6, 6.07) is 11.7. The Balaban J connectivity index is 1.97. The van der Waals surface area contributed by atoms with Gasteiger partial charge in [-0.15, -0.1) is 0 Å². The Hall–Kier alpha value is -1.92. The first-order valence-corrected chi connectivity index (χ1v) is 11.8. The van der Waals surface area contributed by atoms with E-state index in [0.717, 1.165) is 31.4 Å². The number of anilines is 2. The highest BCUT2D eigenvalue weighted by Gasteiger charge is 2.42. The van der Waals surface area contributed by atoms with E-state index >= 15 is 0 Å². The predicted molar refractivity (Wildman–Crippen MR) is 129 cm³/mol. The van der Waals surface area contributed by atoms with Crippen molar-refractivity contribution in [2.24, 2.45) is 11.8 Å². The van der Waals surface area contributed by atoms with E-state index in [1.165, 1.54) is 0 Å². The molecule has 2 amide bonds. The Morgan fingerprint density at radius 1 is 0.700 bits per heavy atom. The van der Waals surface area contributed by atoms with Crippen LogP contribution in [0, 0.1) is 11.8 Å². The highest BCUT2D eigenvalue weighted by Crippen LogP contribution is 2.48. The summed E-state index contributed by atoms with van der Waals surface area (Å²) in [5.74, 6) is 0.427. The minimum Gasteiger partial charge on any atom is -0.307 e. The molecule has 0 bridgehead atoms. The molecule has 0 N–H and O–H groups in total. The molecule has 0 aromatic heterocycles. The molecular weight excluding hydrogens is 508 g/mol. The fraction of sp³-hybridized carbons (Fsp3) is 0.333. The van der Waals surface area contributed by atoms with E-state index in [4.69, 9.17) is 0 Å². The molecule has 0 atom stereocenters. The second-order valence-electron chi connectivity index (χ2n) is 8.69. The highest BCUT2D eigenvalue weighted by molar-refractivity contribution is 9.10. The minimum absolute atomic E-state index is 0.0968. The third kappa shape index (κ3) is 3.54. The molecule has 2 heterocycles. The summed E-state index contributed by atoms with van der Waals surface area (Å²) < 4.78 is 1.83. The lowest BCUT2D eigenvalue weighted by Gasteiger charge is -2.20. The number of rotatable bonds is 4. The van der Waals surface area contributed by atoms with Crippen LogP contribution < -0.4 is 9.80 Å². The molecule has 0 fully saturated rings. The molecule has 2 aliphatic rings. The summed E-state index contributed by atoms with van der Waals surface area (Å²) in [5, 5.41) is 0. The van der Waals surface area contributed by atoms with Gasteiger partial charge in [0.1, 0.15) is 0 Å². The van der Waals surface area contributed by atoms with Crippen molar-refractivity contribution >= 4 is 66.2 Å². The van der Waals surface area contributed by atoms with Gasteiger partial charge in [-0.2, -0.15) is 0 Å². The number of carbonyl (C=O) groups is 2. The highest BCUT2D eigenvalue weighted by atomic mass is 79.9. The average Bonchev–Trinajstić information content (AvgIpc) is 3.06. The van der Waals surface area contributed by atoms with E-state index in [9.17, 15) is 9.59 Å². The van der Waals surface area contributed by atoms with Gasteiger partial charge in [0.15, 0.2) is 0 Å². The number of nitrogens with zero attached hydrogens (tertiary/aromatic N) is 2. The molecular formula is C24H24Br2N2O2. The molecule has 4 nitrogen and oxygen atoms in total. The smallest absolute Gasteiger partial charge is 0.259 e. The molecule has 156 valence electrons. The Labute approximate surface area is 194 Å². The van der Waals surface area contributed by atoms with Crippen molar-refractivity contribution in [1.29, 1.82) is 0 Å². The zero-order valence-electron chi connectivity index (χ0n) is 17.5. The summed E-state index contributed by atoms with van der Waals surface area (Å²) in [5.41, 5.74) is 4.40. The number of hydrogen-bond acceptors (Lipinski definition) is 2. The van der Waals surface area contributed by atoms with E-state index in [1.54, 1.807) is 0 Å². The third-order valence-electron chi connectivity index (χ3n) is 5.30. The Kier molecular flexibility index (Phi) is 5.66. The molecule has 0 spiro atoms. The van der Waals surface area contributed by atoms with E-state index in [0.29, 0.717) is 36.1 Å². The maximum Gasteiger partial charge on any atom is 0.259 e. The third-order valence-corrected chi connectivity index (χ3v) is 6.29. The molecule has 6 heteroatoms. The van der Waals surface area contributed by atoms with Crippen LogP contribution in [0.3, 0.4) is 0 Å². The van der Waals surface area contributed by atoms with Crippen LogP contribution >= 0.6 is 31.9 Å². The van der Waals surface area contributed by atoms with Crippen molar-refractivity contribution in [1.82, 2.24) is 0 Å². The van der Waals surface area contributed by atoms with Gasteiger partial charge in [0.25, 0.3) is 11.8 Å². The summed E-state index contributed by atoms with van der Waals surface area (Å²) in [4.78, 5) is 30.9. The fourth-order valence-electron chi connectivity index (χ4n) is 4.17. The largest absolute Gasteiger partial charge is 0.307 e. The van der Waals surface area contributed by atoms with E-state index in [-0.39, 0.29) is 11.8 Å². The van der Waals surface area contributed by atoms with Crippen molar-refractivity contribution in [3.63, 3.8) is 0 Å². The number of hydrogen-bond donors (Lipinski definition) is 0. The number of halogens is 2. The monoisotopic (exact) mass is 530 g/mol. The van der Waals surface area contributed by atoms with Gasteiger partial charge in [0.05, 0.1) is 22.5 Å². The topological polar surface area (TPSA) is 40.6 Å². The summed E-state index contributed by atoms with van der Waals surface area (Å²) >= 11 is 7.06. The molecule has 4 rings (SSSR count). The maximum absolute atomic E-state index is 13.6. The van der Waals surface area contributed by atoms with Gasteiger partial charge in [-0.3, -0.25) is 9.59 Å². The van der Waals surface area contributed by atoms with Crippen molar-refractivity contribution in [3.8, 4) is 0 Å². The molecule has 2 aromatic carbocycles. The lowest BCUT2D eigenvalue weighted by molar-refractivity contribution is -0.114. The maximum atomic E-state index is 13.6. The Morgan fingerprint density at radius 2 is 1.07 bits per heavy atom. The number of carbonyl (C=O) groups excluding carboxylic acids is 2. The van der Waals surface area contributed by atoms with Crippen LogP contribution in [0.5, 0.6) is 0 Å². The lowest BCUT2D eigenvalue weighted by Crippen LogP contribution is -2.32. The van der Waals surface area contributed by atoms with Gasteiger partial charge in [-0.05, 0) is 36.1 Å². The van der Waals surface area contributed by atoms with E-state index < -0.39 is 0 Å². The standard InChI is InChI=1S/C24H24Br2N2O2/c1-13(2)11-27-19-9-15(25)5-7-17(19)21(23(27)29)22-18-8-6-16(26)10-20(18)28(24(22)30)12-14(3)4/h5-10,13-14H,11-12H2,1-4H3/b22-21+. The normalized spacial score (nSPS) is 18.1. The second-order valence-corrected chi connectivity index (χ2v) is 10.5. The first-order chi connectivity index (χ1) is 14.2. The summed E-state index contributed by atoms with van der Waals surface area (Å²) in [6.07, 6.45) is 0. The summed E-state index contributed by atoms with van der Waals surface area (Å²) in [6.45, 7) is 9.58. The van der Waals surface area contributed by atoms with Crippen LogP contribution in [0.15, 0.2) is 45.3 Å². The molecule has 30 heavy (non-hydrogen) atoms. The summed E-state index contributed by atoms with van der Waals surface area (Å²) in [7, 11) is 0.